The van der Waals surface area contributed by atoms with Crippen LogP contribution in [0, 0.1) is 5.92 Å². The normalized spacial score (nSPS) is 27.0. The number of likely N-dealkylation sites (tertiary alicyclic amines) is 1. The molecule has 4 heteroatoms. The molecule has 1 saturated heterocycles. The van der Waals surface area contributed by atoms with E-state index in [1.165, 1.54) is 0 Å². The summed E-state index contributed by atoms with van der Waals surface area (Å²) in [6.45, 7) is 5.82. The summed E-state index contributed by atoms with van der Waals surface area (Å²) in [6, 6.07) is 0. The molecule has 0 radical (unpaired) electrons. The van der Waals surface area contributed by atoms with E-state index in [1.807, 2.05) is 11.8 Å². The second-order valence-electron chi connectivity index (χ2n) is 5.03. The van der Waals surface area contributed by atoms with Gasteiger partial charge in [0.05, 0.1) is 18.3 Å². The van der Waals surface area contributed by atoms with E-state index in [0.717, 1.165) is 43.7 Å². The zero-order valence-electron chi connectivity index (χ0n) is 10.6. The van der Waals surface area contributed by atoms with Gasteiger partial charge in [-0.15, -0.1) is 0 Å². The molecule has 0 bridgehead atoms. The third-order valence-corrected chi connectivity index (χ3v) is 3.77. The number of carbonyl (C=O) groups is 1. The first-order valence-electron chi connectivity index (χ1n) is 6.39. The van der Waals surface area contributed by atoms with E-state index in [4.69, 9.17) is 4.74 Å². The third kappa shape index (κ3) is 2.63. The maximum Gasteiger partial charge on any atom is 0.253 e. The predicted octanol–water partition coefficient (Wildman–Crippen LogP) is 1.30. The van der Waals surface area contributed by atoms with E-state index in [1.54, 1.807) is 6.92 Å². The monoisotopic (exact) mass is 239 g/mol. The molecule has 1 fully saturated rings. The Labute approximate surface area is 102 Å². The maximum absolute atomic E-state index is 12.3. The Morgan fingerprint density at radius 3 is 2.94 bits per heavy atom. The van der Waals surface area contributed by atoms with Crippen molar-refractivity contribution < 1.29 is 14.6 Å². The van der Waals surface area contributed by atoms with Gasteiger partial charge in [0.1, 0.15) is 5.76 Å². The molecule has 2 unspecified atom stereocenters. The second-order valence-corrected chi connectivity index (χ2v) is 5.03. The number of hydrogen-bond acceptors (Lipinski definition) is 3. The quantitative estimate of drug-likeness (QED) is 0.790. The van der Waals surface area contributed by atoms with Crippen LogP contribution in [-0.4, -0.2) is 41.7 Å². The standard InChI is InChI=1S/C13H21NO3/c1-9(15)11-5-6-14(8-11)13(16)12-4-3-7-17-10(12)2/h9,11,15H,3-8H2,1-2H3. The first-order chi connectivity index (χ1) is 8.09. The maximum atomic E-state index is 12.3. The molecular weight excluding hydrogens is 218 g/mol. The van der Waals surface area contributed by atoms with Gasteiger partial charge in [-0.3, -0.25) is 4.79 Å². The van der Waals surface area contributed by atoms with Crippen LogP contribution in [0.5, 0.6) is 0 Å². The van der Waals surface area contributed by atoms with Crippen LogP contribution in [0.4, 0.5) is 0 Å². The summed E-state index contributed by atoms with van der Waals surface area (Å²) in [7, 11) is 0. The van der Waals surface area contributed by atoms with Crippen LogP contribution < -0.4 is 0 Å². The van der Waals surface area contributed by atoms with Crippen molar-refractivity contribution in [1.29, 1.82) is 0 Å². The van der Waals surface area contributed by atoms with Gasteiger partial charge in [0.25, 0.3) is 5.91 Å². The van der Waals surface area contributed by atoms with E-state index in [0.29, 0.717) is 6.54 Å². The Morgan fingerprint density at radius 2 is 2.35 bits per heavy atom. The van der Waals surface area contributed by atoms with E-state index in [-0.39, 0.29) is 17.9 Å². The largest absolute Gasteiger partial charge is 0.498 e. The van der Waals surface area contributed by atoms with Crippen LogP contribution in [0.25, 0.3) is 0 Å². The van der Waals surface area contributed by atoms with Crippen LogP contribution in [0.2, 0.25) is 0 Å². The van der Waals surface area contributed by atoms with Crippen molar-refractivity contribution in [2.75, 3.05) is 19.7 Å². The fourth-order valence-electron chi connectivity index (χ4n) is 2.55. The number of allylic oxidation sites excluding steroid dienone is 1. The number of carbonyl (C=O) groups excluding carboxylic acids is 1. The van der Waals surface area contributed by atoms with Crippen molar-refractivity contribution in [3.05, 3.63) is 11.3 Å². The summed E-state index contributed by atoms with van der Waals surface area (Å²) in [5.74, 6) is 1.11. The molecule has 2 atom stereocenters. The highest BCUT2D eigenvalue weighted by atomic mass is 16.5. The van der Waals surface area contributed by atoms with Gasteiger partial charge in [0, 0.05) is 19.0 Å². The summed E-state index contributed by atoms with van der Waals surface area (Å²) in [5.41, 5.74) is 0.822. The lowest BCUT2D eigenvalue weighted by Gasteiger charge is -2.23. The summed E-state index contributed by atoms with van der Waals surface area (Å²) < 4.78 is 5.43. The molecule has 96 valence electrons. The Kier molecular flexibility index (Phi) is 3.72. The fraction of sp³-hybridized carbons (Fsp3) is 0.769. The van der Waals surface area contributed by atoms with Gasteiger partial charge in [-0.2, -0.15) is 0 Å². The number of rotatable bonds is 2. The molecule has 0 aromatic carbocycles. The lowest BCUT2D eigenvalue weighted by molar-refractivity contribution is -0.127. The highest BCUT2D eigenvalue weighted by Gasteiger charge is 2.31. The van der Waals surface area contributed by atoms with Gasteiger partial charge in [-0.25, -0.2) is 0 Å². The summed E-state index contributed by atoms with van der Waals surface area (Å²) >= 11 is 0. The Bertz CT molecular complexity index is 336. The molecule has 0 spiro atoms. The van der Waals surface area contributed by atoms with Gasteiger partial charge < -0.3 is 14.7 Å². The van der Waals surface area contributed by atoms with Crippen molar-refractivity contribution in [2.45, 2.75) is 39.2 Å². The molecule has 1 amide bonds. The zero-order chi connectivity index (χ0) is 12.4. The average molecular weight is 239 g/mol. The number of nitrogens with zero attached hydrogens (tertiary/aromatic N) is 1. The van der Waals surface area contributed by atoms with E-state index in [2.05, 4.69) is 0 Å². The van der Waals surface area contributed by atoms with E-state index < -0.39 is 0 Å². The minimum Gasteiger partial charge on any atom is -0.498 e. The van der Waals surface area contributed by atoms with Crippen molar-refractivity contribution in [3.8, 4) is 0 Å². The van der Waals surface area contributed by atoms with E-state index >= 15 is 0 Å². The van der Waals surface area contributed by atoms with Crippen molar-refractivity contribution in [3.63, 3.8) is 0 Å². The molecule has 2 aliphatic heterocycles. The molecule has 0 saturated carbocycles. The molecule has 2 rings (SSSR count). The van der Waals surface area contributed by atoms with Gasteiger partial charge in [-0.1, -0.05) is 0 Å². The lowest BCUT2D eigenvalue weighted by Crippen LogP contribution is -2.33. The van der Waals surface area contributed by atoms with Crippen LogP contribution in [0.3, 0.4) is 0 Å². The Balaban J connectivity index is 2.02. The molecule has 1 N–H and O–H groups in total. The number of amides is 1. The fourth-order valence-corrected chi connectivity index (χ4v) is 2.55. The van der Waals surface area contributed by atoms with Crippen molar-refractivity contribution >= 4 is 5.91 Å². The molecular formula is C13H21NO3. The van der Waals surface area contributed by atoms with Gasteiger partial charge in [0.15, 0.2) is 0 Å². The van der Waals surface area contributed by atoms with Crippen molar-refractivity contribution in [1.82, 2.24) is 4.90 Å². The topological polar surface area (TPSA) is 49.8 Å². The highest BCUT2D eigenvalue weighted by Crippen LogP contribution is 2.25. The SMILES string of the molecule is CC1=C(C(=O)N2CCC(C(C)O)C2)CCCO1. The van der Waals surface area contributed by atoms with Crippen LogP contribution in [-0.2, 0) is 9.53 Å². The van der Waals surface area contributed by atoms with Crippen molar-refractivity contribution in [2.24, 2.45) is 5.92 Å². The number of ether oxygens (including phenoxy) is 1. The van der Waals surface area contributed by atoms with Crippen LogP contribution >= 0.6 is 0 Å². The zero-order valence-corrected chi connectivity index (χ0v) is 10.6. The average Bonchev–Trinajstić information content (AvgIpc) is 2.78. The summed E-state index contributed by atoms with van der Waals surface area (Å²) in [5, 5.41) is 9.54. The summed E-state index contributed by atoms with van der Waals surface area (Å²) in [4.78, 5) is 14.1. The number of hydrogen-bond donors (Lipinski definition) is 1. The minimum absolute atomic E-state index is 0.102. The highest BCUT2D eigenvalue weighted by molar-refractivity contribution is 5.94. The first-order valence-corrected chi connectivity index (χ1v) is 6.39. The molecule has 0 aromatic heterocycles. The first kappa shape index (κ1) is 12.4. The van der Waals surface area contributed by atoms with Gasteiger partial charge in [0.2, 0.25) is 0 Å². The predicted molar refractivity (Wildman–Crippen MR) is 64.3 cm³/mol. The minimum atomic E-state index is -0.328. The smallest absolute Gasteiger partial charge is 0.253 e. The molecule has 2 aliphatic rings. The molecule has 0 aromatic rings. The number of aliphatic hydroxyl groups is 1. The molecule has 4 nitrogen and oxygen atoms in total. The van der Waals surface area contributed by atoms with Gasteiger partial charge >= 0.3 is 0 Å². The Morgan fingerprint density at radius 1 is 1.59 bits per heavy atom. The molecule has 0 aliphatic carbocycles. The van der Waals surface area contributed by atoms with E-state index in [9.17, 15) is 9.90 Å². The Hall–Kier alpha value is -1.03. The second kappa shape index (κ2) is 5.08. The summed E-state index contributed by atoms with van der Waals surface area (Å²) in [6.07, 6.45) is 2.31. The lowest BCUT2D eigenvalue weighted by atomic mass is 10.0. The molecule has 2 heterocycles. The molecule has 17 heavy (non-hydrogen) atoms. The van der Waals surface area contributed by atoms with Crippen LogP contribution in [0.15, 0.2) is 11.3 Å². The number of aliphatic hydroxyl groups excluding tert-OH is 1. The van der Waals surface area contributed by atoms with Crippen LogP contribution in [0.1, 0.15) is 33.1 Å². The third-order valence-electron chi connectivity index (χ3n) is 3.77. The van der Waals surface area contributed by atoms with Gasteiger partial charge in [-0.05, 0) is 33.1 Å².